The minimum atomic E-state index is -3.25. The molecule has 2 aromatic carbocycles. The largest absolute Gasteiger partial charge is 0.326 e. The molecule has 8 heteroatoms. The molecule has 1 aliphatic heterocycles. The Balaban J connectivity index is 1.36. The number of carbonyl (C=O) groups excluding carboxylic acids is 2. The van der Waals surface area contributed by atoms with Gasteiger partial charge in [-0.15, -0.1) is 0 Å². The summed E-state index contributed by atoms with van der Waals surface area (Å²) in [5.41, 5.74) is 1.98. The second-order valence-corrected chi connectivity index (χ2v) is 11.0. The van der Waals surface area contributed by atoms with Crippen LogP contribution in [0.4, 0.5) is 5.69 Å². The lowest BCUT2D eigenvalue weighted by molar-refractivity contribution is -0.115. The molecule has 2 aliphatic rings. The van der Waals surface area contributed by atoms with Gasteiger partial charge in [0.25, 0.3) is 5.91 Å². The number of nitrogens with one attached hydrogen (secondary N) is 2. The fourth-order valence-electron chi connectivity index (χ4n) is 4.20. The molecule has 1 unspecified atom stereocenters. The van der Waals surface area contributed by atoms with Gasteiger partial charge in [0.15, 0.2) is 9.84 Å². The Labute approximate surface area is 195 Å². The molecule has 0 bridgehead atoms. The first-order valence-electron chi connectivity index (χ1n) is 11.6. The van der Waals surface area contributed by atoms with Gasteiger partial charge in [-0.05, 0) is 80.6 Å². The maximum atomic E-state index is 13.2. The summed E-state index contributed by atoms with van der Waals surface area (Å²) in [7, 11) is -3.25. The molecule has 1 saturated carbocycles. The number of rotatable bonds is 8. The Morgan fingerprint density at radius 3 is 2.27 bits per heavy atom. The predicted molar refractivity (Wildman–Crippen MR) is 128 cm³/mol. The molecule has 1 saturated heterocycles. The highest BCUT2D eigenvalue weighted by Crippen LogP contribution is 2.31. The number of piperidine rings is 1. The number of amides is 2. The van der Waals surface area contributed by atoms with Gasteiger partial charge in [-0.3, -0.25) is 14.9 Å². The van der Waals surface area contributed by atoms with E-state index in [2.05, 4.69) is 10.6 Å². The zero-order valence-electron chi connectivity index (χ0n) is 18.9. The van der Waals surface area contributed by atoms with Crippen LogP contribution in [0, 0.1) is 0 Å². The summed E-state index contributed by atoms with van der Waals surface area (Å²) in [6.07, 6.45) is 5.64. The molecule has 1 atom stereocenters. The maximum absolute atomic E-state index is 13.2. The third-order valence-corrected chi connectivity index (χ3v) is 7.99. The van der Waals surface area contributed by atoms with Crippen molar-refractivity contribution in [1.29, 1.82) is 0 Å². The molecule has 2 fully saturated rings. The first-order valence-corrected chi connectivity index (χ1v) is 13.3. The van der Waals surface area contributed by atoms with Crippen LogP contribution in [-0.4, -0.2) is 49.6 Å². The third kappa shape index (κ3) is 5.81. The summed E-state index contributed by atoms with van der Waals surface area (Å²) in [5.74, 6) is -0.121. The molecule has 1 heterocycles. The van der Waals surface area contributed by atoms with E-state index < -0.39 is 9.84 Å². The van der Waals surface area contributed by atoms with Crippen LogP contribution in [0.1, 0.15) is 54.9 Å². The van der Waals surface area contributed by atoms with Gasteiger partial charge < -0.3 is 10.2 Å². The highest BCUT2D eigenvalue weighted by atomic mass is 32.2. The molecule has 0 spiro atoms. The fourth-order valence-corrected chi connectivity index (χ4v) is 5.09. The van der Waals surface area contributed by atoms with Gasteiger partial charge in [-0.2, -0.15) is 0 Å². The van der Waals surface area contributed by atoms with Gasteiger partial charge in [0.05, 0.1) is 23.2 Å². The summed E-state index contributed by atoms with van der Waals surface area (Å²) in [6, 6.07) is 13.8. The van der Waals surface area contributed by atoms with Crippen molar-refractivity contribution in [2.45, 2.75) is 62.6 Å². The van der Waals surface area contributed by atoms with Crippen LogP contribution in [0.3, 0.4) is 0 Å². The Bertz CT molecular complexity index is 1090. The summed E-state index contributed by atoms with van der Waals surface area (Å²) in [6.45, 7) is 2.55. The first-order chi connectivity index (χ1) is 15.9. The van der Waals surface area contributed by atoms with E-state index in [0.29, 0.717) is 17.3 Å². The van der Waals surface area contributed by atoms with Crippen LogP contribution in [0.25, 0.3) is 0 Å². The van der Waals surface area contributed by atoms with Crippen LogP contribution in [0.15, 0.2) is 53.4 Å². The van der Waals surface area contributed by atoms with E-state index in [-0.39, 0.29) is 35.0 Å². The van der Waals surface area contributed by atoms with Gasteiger partial charge in [0.2, 0.25) is 5.91 Å². The Hall–Kier alpha value is -2.71. The fraction of sp³-hybridized carbons (Fsp3) is 0.440. The molecule has 1 aliphatic carbocycles. The van der Waals surface area contributed by atoms with Gasteiger partial charge in [0.1, 0.15) is 0 Å². The van der Waals surface area contributed by atoms with Gasteiger partial charge >= 0.3 is 0 Å². The first kappa shape index (κ1) is 23.4. The molecule has 7 nitrogen and oxygen atoms in total. The quantitative estimate of drug-likeness (QED) is 0.618. The monoisotopic (exact) mass is 469 g/mol. The van der Waals surface area contributed by atoms with Gasteiger partial charge in [-0.25, -0.2) is 8.42 Å². The summed E-state index contributed by atoms with van der Waals surface area (Å²) in [5, 5.41) is 6.33. The van der Waals surface area contributed by atoms with Gasteiger partial charge in [0, 0.05) is 17.3 Å². The standard InChI is InChI=1S/C25H31N3O4S/c1-2-33(31,32)22-14-6-18(7-15-22)17-24(29)27-20-10-8-19(9-11-20)25(30)28(21-12-13-21)23-5-3-4-16-26-23/h6-11,14-15,21,23,26H,2-5,12-13,16-17H2,1H3,(H,27,29). The zero-order chi connectivity index (χ0) is 23.4. The molecule has 0 radical (unpaired) electrons. The molecule has 2 aromatic rings. The Morgan fingerprint density at radius 2 is 1.70 bits per heavy atom. The van der Waals surface area contributed by atoms with Crippen molar-refractivity contribution in [3.8, 4) is 0 Å². The smallest absolute Gasteiger partial charge is 0.255 e. The van der Waals surface area contributed by atoms with E-state index in [4.69, 9.17) is 0 Å². The molecule has 176 valence electrons. The highest BCUT2D eigenvalue weighted by molar-refractivity contribution is 7.91. The third-order valence-electron chi connectivity index (χ3n) is 6.24. The second-order valence-electron chi connectivity index (χ2n) is 8.76. The Morgan fingerprint density at radius 1 is 1.00 bits per heavy atom. The predicted octanol–water partition coefficient (Wildman–Crippen LogP) is 3.37. The number of carbonyl (C=O) groups is 2. The van der Waals surface area contributed by atoms with Crippen molar-refractivity contribution in [1.82, 2.24) is 10.2 Å². The van der Waals surface area contributed by atoms with Crippen LogP contribution < -0.4 is 10.6 Å². The summed E-state index contributed by atoms with van der Waals surface area (Å²) in [4.78, 5) is 27.9. The number of hydrogen-bond acceptors (Lipinski definition) is 5. The van der Waals surface area contributed by atoms with Crippen molar-refractivity contribution in [3.05, 3.63) is 59.7 Å². The number of anilines is 1. The molecule has 4 rings (SSSR count). The van der Waals surface area contributed by atoms with E-state index in [1.54, 1.807) is 43.3 Å². The molecule has 33 heavy (non-hydrogen) atoms. The van der Waals surface area contributed by atoms with Crippen molar-refractivity contribution in [2.24, 2.45) is 0 Å². The van der Waals surface area contributed by atoms with Crippen molar-refractivity contribution >= 4 is 27.3 Å². The Kier molecular flexibility index (Phi) is 7.14. The average Bonchev–Trinajstić information content (AvgIpc) is 3.66. The lowest BCUT2D eigenvalue weighted by atomic mass is 10.1. The van der Waals surface area contributed by atoms with E-state index >= 15 is 0 Å². The molecule has 0 aromatic heterocycles. The molecule has 2 N–H and O–H groups in total. The van der Waals surface area contributed by atoms with Crippen molar-refractivity contribution in [2.75, 3.05) is 17.6 Å². The molecular weight excluding hydrogens is 438 g/mol. The molecule has 2 amide bonds. The normalized spacial score (nSPS) is 18.5. The summed E-state index contributed by atoms with van der Waals surface area (Å²) >= 11 is 0. The highest BCUT2D eigenvalue weighted by Gasteiger charge is 2.38. The van der Waals surface area contributed by atoms with Crippen molar-refractivity contribution in [3.63, 3.8) is 0 Å². The summed E-state index contributed by atoms with van der Waals surface area (Å²) < 4.78 is 23.8. The van der Waals surface area contributed by atoms with E-state index in [0.717, 1.165) is 44.2 Å². The second kappa shape index (κ2) is 10.1. The van der Waals surface area contributed by atoms with Crippen LogP contribution in [-0.2, 0) is 21.1 Å². The number of benzene rings is 2. The van der Waals surface area contributed by atoms with E-state index in [9.17, 15) is 18.0 Å². The van der Waals surface area contributed by atoms with Crippen LogP contribution in [0.5, 0.6) is 0 Å². The van der Waals surface area contributed by atoms with Gasteiger partial charge in [-0.1, -0.05) is 19.1 Å². The van der Waals surface area contributed by atoms with Crippen molar-refractivity contribution < 1.29 is 18.0 Å². The SMILES string of the molecule is CCS(=O)(=O)c1ccc(CC(=O)Nc2ccc(C(=O)N(C3CC3)C3CCCCN3)cc2)cc1. The lowest BCUT2D eigenvalue weighted by Crippen LogP contribution is -2.51. The number of sulfone groups is 1. The van der Waals surface area contributed by atoms with E-state index in [1.165, 1.54) is 12.1 Å². The van der Waals surface area contributed by atoms with Crippen LogP contribution in [0.2, 0.25) is 0 Å². The number of nitrogens with zero attached hydrogens (tertiary/aromatic N) is 1. The van der Waals surface area contributed by atoms with Crippen LogP contribution >= 0.6 is 0 Å². The minimum Gasteiger partial charge on any atom is -0.326 e. The topological polar surface area (TPSA) is 95.6 Å². The molecular formula is C25H31N3O4S. The number of hydrogen-bond donors (Lipinski definition) is 2. The van der Waals surface area contributed by atoms with E-state index in [1.807, 2.05) is 4.90 Å². The zero-order valence-corrected chi connectivity index (χ0v) is 19.7. The minimum absolute atomic E-state index is 0.0388. The lowest BCUT2D eigenvalue weighted by Gasteiger charge is -2.35. The average molecular weight is 470 g/mol. The maximum Gasteiger partial charge on any atom is 0.255 e.